The molecule has 1 heterocycles. The van der Waals surface area contributed by atoms with Crippen molar-refractivity contribution in [1.29, 1.82) is 0 Å². The first-order valence-electron chi connectivity index (χ1n) is 6.57. The van der Waals surface area contributed by atoms with Crippen LogP contribution in [-0.2, 0) is 4.79 Å². The first-order chi connectivity index (χ1) is 10.0. The van der Waals surface area contributed by atoms with E-state index in [1.165, 1.54) is 6.92 Å². The quantitative estimate of drug-likeness (QED) is 0.747. The van der Waals surface area contributed by atoms with Crippen molar-refractivity contribution in [2.75, 3.05) is 5.32 Å². The fourth-order valence-corrected chi connectivity index (χ4v) is 2.38. The molecule has 0 spiro atoms. The number of hydrogen-bond acceptors (Lipinski definition) is 2. The highest BCUT2D eigenvalue weighted by molar-refractivity contribution is 6.32. The highest BCUT2D eigenvalue weighted by atomic mass is 35.5. The fraction of sp³-hybridized carbons (Fsp3) is 0.125. The molecule has 1 amide bonds. The predicted molar refractivity (Wildman–Crippen MR) is 85.6 cm³/mol. The summed E-state index contributed by atoms with van der Waals surface area (Å²) in [5.74, 6) is 0.651. The van der Waals surface area contributed by atoms with Crippen LogP contribution < -0.4 is 5.32 Å². The third kappa shape index (κ3) is 2.76. The molecule has 1 aromatic heterocycles. The van der Waals surface area contributed by atoms with Crippen molar-refractivity contribution in [1.82, 2.24) is 9.97 Å². The predicted octanol–water partition coefficient (Wildman–Crippen LogP) is 4.15. The molecule has 0 saturated heterocycles. The Balaban J connectivity index is 2.06. The highest BCUT2D eigenvalue weighted by Crippen LogP contribution is 2.26. The molecule has 2 aromatic carbocycles. The highest BCUT2D eigenvalue weighted by Gasteiger charge is 2.08. The number of aryl methyl sites for hydroxylation is 1. The van der Waals surface area contributed by atoms with Crippen LogP contribution in [0.1, 0.15) is 12.5 Å². The summed E-state index contributed by atoms with van der Waals surface area (Å²) >= 11 is 6.12. The summed E-state index contributed by atoms with van der Waals surface area (Å²) in [5.41, 5.74) is 4.43. The number of imidazole rings is 1. The van der Waals surface area contributed by atoms with E-state index in [-0.39, 0.29) is 5.91 Å². The Bertz CT molecular complexity index is 800. The van der Waals surface area contributed by atoms with Crippen LogP contribution in [0.2, 0.25) is 5.02 Å². The molecule has 0 aliphatic rings. The number of carbonyl (C=O) groups is 1. The van der Waals surface area contributed by atoms with Crippen LogP contribution in [0, 0.1) is 6.92 Å². The maximum Gasteiger partial charge on any atom is 0.221 e. The number of rotatable bonds is 2. The third-order valence-electron chi connectivity index (χ3n) is 3.22. The summed E-state index contributed by atoms with van der Waals surface area (Å²) < 4.78 is 0. The smallest absolute Gasteiger partial charge is 0.221 e. The molecule has 21 heavy (non-hydrogen) atoms. The molecule has 3 aromatic rings. The van der Waals surface area contributed by atoms with Gasteiger partial charge in [0, 0.05) is 23.2 Å². The zero-order valence-corrected chi connectivity index (χ0v) is 12.5. The van der Waals surface area contributed by atoms with E-state index in [2.05, 4.69) is 15.3 Å². The standard InChI is InChI=1S/C16H14ClN3O/c1-9-6-14-15(8-13(9)17)20-16(19-14)11-4-3-5-12(7-11)18-10(2)21/h3-8H,1-2H3,(H,18,21)(H,19,20). The number of carbonyl (C=O) groups excluding carboxylic acids is 1. The number of nitrogens with one attached hydrogen (secondary N) is 2. The fourth-order valence-electron chi connectivity index (χ4n) is 2.22. The summed E-state index contributed by atoms with van der Waals surface area (Å²) in [4.78, 5) is 19.0. The number of aromatic nitrogens is 2. The molecule has 0 unspecified atom stereocenters. The summed E-state index contributed by atoms with van der Waals surface area (Å²) in [6, 6.07) is 11.4. The number of amides is 1. The summed E-state index contributed by atoms with van der Waals surface area (Å²) in [6.07, 6.45) is 0. The summed E-state index contributed by atoms with van der Waals surface area (Å²) in [5, 5.41) is 3.47. The molecule has 0 saturated carbocycles. The molecule has 0 bridgehead atoms. The molecular weight excluding hydrogens is 286 g/mol. The van der Waals surface area contributed by atoms with E-state index >= 15 is 0 Å². The number of anilines is 1. The Morgan fingerprint density at radius 3 is 2.86 bits per heavy atom. The molecule has 4 nitrogen and oxygen atoms in total. The van der Waals surface area contributed by atoms with Gasteiger partial charge in [0.2, 0.25) is 5.91 Å². The van der Waals surface area contributed by atoms with Crippen LogP contribution in [0.15, 0.2) is 36.4 Å². The molecule has 0 aliphatic carbocycles. The Kier molecular flexibility index (Phi) is 3.39. The Morgan fingerprint density at radius 2 is 2.10 bits per heavy atom. The molecule has 0 atom stereocenters. The number of halogens is 1. The van der Waals surface area contributed by atoms with Crippen molar-refractivity contribution in [3.63, 3.8) is 0 Å². The SMILES string of the molecule is CC(=O)Nc1cccc(-c2nc3cc(Cl)c(C)cc3[nH]2)c1. The van der Waals surface area contributed by atoms with Crippen LogP contribution in [0.5, 0.6) is 0 Å². The summed E-state index contributed by atoms with van der Waals surface area (Å²) in [7, 11) is 0. The number of nitrogens with zero attached hydrogens (tertiary/aromatic N) is 1. The van der Waals surface area contributed by atoms with Crippen LogP contribution in [-0.4, -0.2) is 15.9 Å². The first-order valence-corrected chi connectivity index (χ1v) is 6.94. The first kappa shape index (κ1) is 13.6. The van der Waals surface area contributed by atoms with Gasteiger partial charge in [0.25, 0.3) is 0 Å². The van der Waals surface area contributed by atoms with Gasteiger partial charge in [-0.1, -0.05) is 23.7 Å². The molecule has 0 fully saturated rings. The Labute approximate surface area is 127 Å². The minimum Gasteiger partial charge on any atom is -0.338 e. The number of H-pyrrole nitrogens is 1. The molecule has 106 valence electrons. The second kappa shape index (κ2) is 5.22. The van der Waals surface area contributed by atoms with E-state index < -0.39 is 0 Å². The van der Waals surface area contributed by atoms with Crippen molar-refractivity contribution in [3.05, 3.63) is 47.0 Å². The van der Waals surface area contributed by atoms with Crippen molar-refractivity contribution in [3.8, 4) is 11.4 Å². The molecular formula is C16H14ClN3O. The zero-order chi connectivity index (χ0) is 15.0. The van der Waals surface area contributed by atoms with Gasteiger partial charge in [-0.3, -0.25) is 4.79 Å². The van der Waals surface area contributed by atoms with E-state index in [0.717, 1.165) is 33.7 Å². The molecule has 2 N–H and O–H groups in total. The topological polar surface area (TPSA) is 57.8 Å². The van der Waals surface area contributed by atoms with Crippen LogP contribution >= 0.6 is 11.6 Å². The van der Waals surface area contributed by atoms with Gasteiger partial charge in [0.15, 0.2) is 0 Å². The van der Waals surface area contributed by atoms with Gasteiger partial charge in [-0.2, -0.15) is 0 Å². The minimum absolute atomic E-state index is 0.0980. The third-order valence-corrected chi connectivity index (χ3v) is 3.63. The number of aromatic amines is 1. The average Bonchev–Trinajstić information content (AvgIpc) is 2.82. The van der Waals surface area contributed by atoms with Crippen molar-refractivity contribution < 1.29 is 4.79 Å². The number of fused-ring (bicyclic) bond motifs is 1. The van der Waals surface area contributed by atoms with Gasteiger partial charge in [-0.25, -0.2) is 4.98 Å². The normalized spacial score (nSPS) is 10.8. The van der Waals surface area contributed by atoms with Crippen LogP contribution in [0.3, 0.4) is 0 Å². The van der Waals surface area contributed by atoms with E-state index in [9.17, 15) is 4.79 Å². The maximum absolute atomic E-state index is 11.1. The van der Waals surface area contributed by atoms with Crippen LogP contribution in [0.25, 0.3) is 22.4 Å². The molecule has 0 radical (unpaired) electrons. The van der Waals surface area contributed by atoms with Gasteiger partial charge in [0.05, 0.1) is 11.0 Å². The van der Waals surface area contributed by atoms with Gasteiger partial charge in [-0.15, -0.1) is 0 Å². The molecule has 0 aliphatic heterocycles. The Morgan fingerprint density at radius 1 is 1.29 bits per heavy atom. The van der Waals surface area contributed by atoms with Crippen molar-refractivity contribution in [2.24, 2.45) is 0 Å². The van der Waals surface area contributed by atoms with E-state index in [1.807, 2.05) is 43.3 Å². The van der Waals surface area contributed by atoms with Crippen molar-refractivity contribution in [2.45, 2.75) is 13.8 Å². The minimum atomic E-state index is -0.0980. The van der Waals surface area contributed by atoms with Gasteiger partial charge in [0.1, 0.15) is 5.82 Å². The van der Waals surface area contributed by atoms with Crippen molar-refractivity contribution >= 4 is 34.2 Å². The lowest BCUT2D eigenvalue weighted by Crippen LogP contribution is -2.05. The monoisotopic (exact) mass is 299 g/mol. The lowest BCUT2D eigenvalue weighted by molar-refractivity contribution is -0.114. The lowest BCUT2D eigenvalue weighted by atomic mass is 10.2. The van der Waals surface area contributed by atoms with E-state index in [4.69, 9.17) is 11.6 Å². The Hall–Kier alpha value is -2.33. The van der Waals surface area contributed by atoms with Gasteiger partial charge >= 0.3 is 0 Å². The number of benzene rings is 2. The number of hydrogen-bond donors (Lipinski definition) is 2. The molecule has 5 heteroatoms. The van der Waals surface area contributed by atoms with Gasteiger partial charge < -0.3 is 10.3 Å². The van der Waals surface area contributed by atoms with Crippen LogP contribution in [0.4, 0.5) is 5.69 Å². The molecule has 3 rings (SSSR count). The second-order valence-corrected chi connectivity index (χ2v) is 5.37. The maximum atomic E-state index is 11.1. The zero-order valence-electron chi connectivity index (χ0n) is 11.7. The van der Waals surface area contributed by atoms with E-state index in [0.29, 0.717) is 5.02 Å². The largest absolute Gasteiger partial charge is 0.338 e. The van der Waals surface area contributed by atoms with E-state index in [1.54, 1.807) is 0 Å². The van der Waals surface area contributed by atoms with Gasteiger partial charge in [-0.05, 0) is 36.8 Å². The second-order valence-electron chi connectivity index (χ2n) is 4.97. The summed E-state index contributed by atoms with van der Waals surface area (Å²) in [6.45, 7) is 3.44. The average molecular weight is 300 g/mol. The lowest BCUT2D eigenvalue weighted by Gasteiger charge is -2.03.